The van der Waals surface area contributed by atoms with E-state index < -0.39 is 0 Å². The first-order chi connectivity index (χ1) is 11.7. The van der Waals surface area contributed by atoms with E-state index in [1.165, 1.54) is 17.5 Å². The van der Waals surface area contributed by atoms with Gasteiger partial charge in [-0.3, -0.25) is 9.59 Å². The topological polar surface area (TPSA) is 71.1 Å². The third-order valence-electron chi connectivity index (χ3n) is 3.30. The van der Waals surface area contributed by atoms with Gasteiger partial charge in [-0.15, -0.1) is 11.3 Å². The van der Waals surface area contributed by atoms with Crippen molar-refractivity contribution in [1.82, 2.24) is 10.3 Å². The largest absolute Gasteiger partial charge is 0.348 e. The number of anilines is 1. The highest BCUT2D eigenvalue weighted by Crippen LogP contribution is 2.13. The predicted octanol–water partition coefficient (Wildman–Crippen LogP) is 3.33. The number of aromatic nitrogens is 1. The normalized spacial score (nSPS) is 10.2. The molecule has 0 aliphatic rings. The molecular formula is C18H15N3O2S. The van der Waals surface area contributed by atoms with Crippen molar-refractivity contribution in [2.45, 2.75) is 6.54 Å². The number of carbonyl (C=O) groups excluding carboxylic acids is 2. The molecule has 2 N–H and O–H groups in total. The minimum Gasteiger partial charge on any atom is -0.348 e. The number of benzene rings is 1. The average Bonchev–Trinajstić information content (AvgIpc) is 3.15. The molecule has 2 aromatic heterocycles. The third kappa shape index (κ3) is 4.05. The lowest BCUT2D eigenvalue weighted by Crippen LogP contribution is -2.23. The first-order valence-electron chi connectivity index (χ1n) is 7.35. The Bertz CT molecular complexity index is 832. The number of nitrogens with zero attached hydrogens (tertiary/aromatic N) is 1. The molecule has 2 heterocycles. The zero-order valence-corrected chi connectivity index (χ0v) is 13.5. The Hall–Kier alpha value is -2.99. The number of pyridine rings is 1. The van der Waals surface area contributed by atoms with Gasteiger partial charge in [-0.25, -0.2) is 4.98 Å². The highest BCUT2D eigenvalue weighted by atomic mass is 32.1. The molecule has 2 amide bonds. The molecule has 0 atom stereocenters. The summed E-state index contributed by atoms with van der Waals surface area (Å²) in [6.07, 6.45) is 1.50. The molecule has 0 unspecified atom stereocenters. The Morgan fingerprint density at radius 1 is 1.00 bits per heavy atom. The lowest BCUT2D eigenvalue weighted by molar-refractivity contribution is 0.0949. The van der Waals surface area contributed by atoms with Gasteiger partial charge in [0.25, 0.3) is 11.8 Å². The summed E-state index contributed by atoms with van der Waals surface area (Å²) in [6, 6.07) is 16.4. The molecule has 0 bridgehead atoms. The molecule has 120 valence electrons. The number of hydrogen-bond donors (Lipinski definition) is 2. The summed E-state index contributed by atoms with van der Waals surface area (Å²) in [4.78, 5) is 28.9. The standard InChI is InChI=1S/C18H15N3O2S/c22-17(20-12-13-5-2-1-3-6-13)14-8-9-19-16(11-14)21-18(23)15-7-4-10-24-15/h1-11H,12H2,(H,20,22)(H,19,21,23). The van der Waals surface area contributed by atoms with E-state index in [-0.39, 0.29) is 11.8 Å². The number of nitrogens with one attached hydrogen (secondary N) is 2. The zero-order valence-electron chi connectivity index (χ0n) is 12.7. The van der Waals surface area contributed by atoms with Gasteiger partial charge in [-0.1, -0.05) is 36.4 Å². The van der Waals surface area contributed by atoms with E-state index in [0.717, 1.165) is 5.56 Å². The fourth-order valence-corrected chi connectivity index (χ4v) is 2.73. The molecule has 1 aromatic carbocycles. The molecule has 24 heavy (non-hydrogen) atoms. The van der Waals surface area contributed by atoms with Crippen LogP contribution in [0.2, 0.25) is 0 Å². The van der Waals surface area contributed by atoms with Crippen LogP contribution in [0, 0.1) is 0 Å². The molecular weight excluding hydrogens is 322 g/mol. The van der Waals surface area contributed by atoms with Crippen molar-refractivity contribution in [3.63, 3.8) is 0 Å². The second-order valence-corrected chi connectivity index (χ2v) is 5.98. The van der Waals surface area contributed by atoms with Gasteiger partial charge in [0.15, 0.2) is 0 Å². The summed E-state index contributed by atoms with van der Waals surface area (Å²) in [5, 5.41) is 7.37. The van der Waals surface area contributed by atoms with E-state index in [1.54, 1.807) is 24.3 Å². The van der Waals surface area contributed by atoms with Crippen molar-refractivity contribution in [1.29, 1.82) is 0 Å². The maximum Gasteiger partial charge on any atom is 0.266 e. The van der Waals surface area contributed by atoms with Crippen molar-refractivity contribution >= 4 is 29.0 Å². The van der Waals surface area contributed by atoms with Crippen molar-refractivity contribution in [2.24, 2.45) is 0 Å². The van der Waals surface area contributed by atoms with E-state index in [9.17, 15) is 9.59 Å². The van der Waals surface area contributed by atoms with Gasteiger partial charge in [-0.2, -0.15) is 0 Å². The average molecular weight is 337 g/mol. The van der Waals surface area contributed by atoms with Crippen molar-refractivity contribution in [3.8, 4) is 0 Å². The third-order valence-corrected chi connectivity index (χ3v) is 4.17. The predicted molar refractivity (Wildman–Crippen MR) is 94.1 cm³/mol. The lowest BCUT2D eigenvalue weighted by Gasteiger charge is -2.07. The first-order valence-corrected chi connectivity index (χ1v) is 8.23. The zero-order chi connectivity index (χ0) is 16.8. The van der Waals surface area contributed by atoms with Crippen molar-refractivity contribution in [2.75, 3.05) is 5.32 Å². The van der Waals surface area contributed by atoms with Crippen LogP contribution in [-0.2, 0) is 6.54 Å². The van der Waals surface area contributed by atoms with Gasteiger partial charge in [0.1, 0.15) is 5.82 Å². The summed E-state index contributed by atoms with van der Waals surface area (Å²) < 4.78 is 0. The van der Waals surface area contributed by atoms with Crippen LogP contribution in [-0.4, -0.2) is 16.8 Å². The number of carbonyl (C=O) groups is 2. The highest BCUT2D eigenvalue weighted by Gasteiger charge is 2.10. The van der Waals surface area contributed by atoms with Crippen LogP contribution in [0.3, 0.4) is 0 Å². The van der Waals surface area contributed by atoms with E-state index in [2.05, 4.69) is 15.6 Å². The highest BCUT2D eigenvalue weighted by molar-refractivity contribution is 7.12. The van der Waals surface area contributed by atoms with Gasteiger partial charge in [0, 0.05) is 18.3 Å². The monoisotopic (exact) mass is 337 g/mol. The summed E-state index contributed by atoms with van der Waals surface area (Å²) in [5.41, 5.74) is 1.47. The molecule has 3 aromatic rings. The van der Waals surface area contributed by atoms with Crippen molar-refractivity contribution < 1.29 is 9.59 Å². The second-order valence-electron chi connectivity index (χ2n) is 5.03. The molecule has 0 aliphatic carbocycles. The van der Waals surface area contributed by atoms with Gasteiger partial charge in [0.05, 0.1) is 4.88 Å². The molecule has 0 fully saturated rings. The minimum atomic E-state index is -0.237. The maximum absolute atomic E-state index is 12.2. The Kier molecular flexibility index (Phi) is 4.98. The summed E-state index contributed by atoms with van der Waals surface area (Å²) in [5.74, 6) is -0.104. The van der Waals surface area contributed by atoms with Crippen LogP contribution in [0.1, 0.15) is 25.6 Å². The molecule has 3 rings (SSSR count). The molecule has 6 heteroatoms. The van der Waals surface area contributed by atoms with Crippen LogP contribution in [0.4, 0.5) is 5.82 Å². The maximum atomic E-state index is 12.2. The summed E-state index contributed by atoms with van der Waals surface area (Å²) in [7, 11) is 0. The van der Waals surface area contributed by atoms with Gasteiger partial charge in [0.2, 0.25) is 0 Å². The molecule has 0 aliphatic heterocycles. The summed E-state index contributed by atoms with van der Waals surface area (Å²) in [6.45, 7) is 0.443. The SMILES string of the molecule is O=C(NCc1ccccc1)c1ccnc(NC(=O)c2cccs2)c1. The van der Waals surface area contributed by atoms with Gasteiger partial charge in [-0.05, 0) is 29.1 Å². The molecule has 0 saturated heterocycles. The number of amides is 2. The molecule has 0 spiro atoms. The Balaban J connectivity index is 1.64. The van der Waals surface area contributed by atoms with E-state index in [4.69, 9.17) is 0 Å². The van der Waals surface area contributed by atoms with Crippen LogP contribution in [0.25, 0.3) is 0 Å². The van der Waals surface area contributed by atoms with Crippen LogP contribution >= 0.6 is 11.3 Å². The Labute approximate surface area is 143 Å². The lowest BCUT2D eigenvalue weighted by atomic mass is 10.2. The van der Waals surface area contributed by atoms with E-state index in [0.29, 0.717) is 22.8 Å². The Morgan fingerprint density at radius 3 is 2.58 bits per heavy atom. The van der Waals surface area contributed by atoms with Crippen LogP contribution < -0.4 is 10.6 Å². The van der Waals surface area contributed by atoms with Crippen LogP contribution in [0.15, 0.2) is 66.2 Å². The molecule has 0 saturated carbocycles. The van der Waals surface area contributed by atoms with Crippen LogP contribution in [0.5, 0.6) is 0 Å². The second kappa shape index (κ2) is 7.52. The van der Waals surface area contributed by atoms with E-state index in [1.807, 2.05) is 35.7 Å². The number of thiophene rings is 1. The summed E-state index contributed by atoms with van der Waals surface area (Å²) >= 11 is 1.35. The fourth-order valence-electron chi connectivity index (χ4n) is 2.11. The Morgan fingerprint density at radius 2 is 1.83 bits per heavy atom. The smallest absolute Gasteiger partial charge is 0.266 e. The molecule has 5 nitrogen and oxygen atoms in total. The van der Waals surface area contributed by atoms with E-state index >= 15 is 0 Å². The van der Waals surface area contributed by atoms with Gasteiger partial charge >= 0.3 is 0 Å². The number of rotatable bonds is 5. The van der Waals surface area contributed by atoms with Crippen molar-refractivity contribution in [3.05, 3.63) is 82.2 Å². The fraction of sp³-hybridized carbons (Fsp3) is 0.0556. The number of hydrogen-bond acceptors (Lipinski definition) is 4. The minimum absolute atomic E-state index is 0.215. The quantitative estimate of drug-likeness (QED) is 0.750. The van der Waals surface area contributed by atoms with Gasteiger partial charge < -0.3 is 10.6 Å². The molecule has 0 radical (unpaired) electrons. The first kappa shape index (κ1) is 15.9.